The van der Waals surface area contributed by atoms with Crippen molar-refractivity contribution >= 4 is 58.2 Å². The van der Waals surface area contributed by atoms with Gasteiger partial charge in [-0.05, 0) is 61.9 Å². The molecule has 0 aliphatic carbocycles. The number of carbonyl (C=O) groups excluding carboxylic acids is 2. The van der Waals surface area contributed by atoms with Crippen LogP contribution in [0.2, 0.25) is 10.0 Å². The number of amides is 2. The summed E-state index contributed by atoms with van der Waals surface area (Å²) in [5, 5.41) is 19.1. The van der Waals surface area contributed by atoms with Gasteiger partial charge < -0.3 is 20.4 Å². The van der Waals surface area contributed by atoms with Crippen LogP contribution in [0.15, 0.2) is 81.1 Å². The first-order chi connectivity index (χ1) is 19.4. The summed E-state index contributed by atoms with van der Waals surface area (Å²) < 4.78 is 45.3. The summed E-state index contributed by atoms with van der Waals surface area (Å²) in [6.07, 6.45) is -3.28. The molecule has 0 radical (unpaired) electrons. The average Bonchev–Trinajstić information content (AvgIpc) is 3.45. The van der Waals surface area contributed by atoms with Gasteiger partial charge in [-0.3, -0.25) is 9.59 Å². The van der Waals surface area contributed by atoms with E-state index in [4.69, 9.17) is 27.6 Å². The Morgan fingerprint density at radius 2 is 1.83 bits per heavy atom. The molecule has 1 aromatic heterocycles. The van der Waals surface area contributed by atoms with Crippen molar-refractivity contribution in [3.63, 3.8) is 0 Å². The highest BCUT2D eigenvalue weighted by Gasteiger charge is 2.37. The largest absolute Gasteiger partial charge is 0.468 e. The Kier molecular flexibility index (Phi) is 9.07. The molecule has 0 spiro atoms. The molecule has 0 fully saturated rings. The molecule has 0 saturated carbocycles. The van der Waals surface area contributed by atoms with Gasteiger partial charge in [0.1, 0.15) is 5.76 Å². The third-order valence-electron chi connectivity index (χ3n) is 6.15. The lowest BCUT2D eigenvalue weighted by Gasteiger charge is -2.28. The number of hydrogen-bond donors (Lipinski definition) is 3. The summed E-state index contributed by atoms with van der Waals surface area (Å²) in [6, 6.07) is 12.9. The Bertz CT molecular complexity index is 1610. The second-order valence-electron chi connectivity index (χ2n) is 8.86. The van der Waals surface area contributed by atoms with Gasteiger partial charge in [0.05, 0.1) is 56.5 Å². The van der Waals surface area contributed by atoms with E-state index in [2.05, 4.69) is 22.0 Å². The van der Waals surface area contributed by atoms with Gasteiger partial charge in [0.25, 0.3) is 5.91 Å². The van der Waals surface area contributed by atoms with Crippen molar-refractivity contribution in [3.05, 3.63) is 104 Å². The van der Waals surface area contributed by atoms with Crippen LogP contribution in [0, 0.1) is 18.3 Å². The minimum absolute atomic E-state index is 0.0355. The molecule has 41 heavy (non-hydrogen) atoms. The van der Waals surface area contributed by atoms with Crippen molar-refractivity contribution in [3.8, 4) is 6.07 Å². The quantitative estimate of drug-likeness (QED) is 0.251. The molecule has 4 rings (SSSR count). The molecule has 2 heterocycles. The van der Waals surface area contributed by atoms with Gasteiger partial charge in [0.15, 0.2) is 0 Å². The van der Waals surface area contributed by atoms with Crippen LogP contribution < -0.4 is 16.0 Å². The second-order valence-corrected chi connectivity index (χ2v) is 10.7. The van der Waals surface area contributed by atoms with Crippen molar-refractivity contribution < 1.29 is 27.2 Å². The number of benzene rings is 2. The number of rotatable bonds is 7. The van der Waals surface area contributed by atoms with E-state index in [1.807, 2.05) is 0 Å². The summed E-state index contributed by atoms with van der Waals surface area (Å²) in [5.74, 6) is -1.99. The maximum Gasteiger partial charge on any atom is 0.416 e. The Labute approximate surface area is 247 Å². The summed E-state index contributed by atoms with van der Waals surface area (Å²) in [5.41, 5.74) is 0.435. The molecule has 1 unspecified atom stereocenters. The Morgan fingerprint density at radius 3 is 2.49 bits per heavy atom. The van der Waals surface area contributed by atoms with Crippen LogP contribution in [-0.4, -0.2) is 17.6 Å². The molecule has 7 nitrogen and oxygen atoms in total. The minimum Gasteiger partial charge on any atom is -0.468 e. The molecule has 212 valence electrons. The van der Waals surface area contributed by atoms with Gasteiger partial charge in [0.2, 0.25) is 5.91 Å². The van der Waals surface area contributed by atoms with Crippen molar-refractivity contribution in [2.24, 2.45) is 0 Å². The van der Waals surface area contributed by atoms with E-state index in [0.29, 0.717) is 27.0 Å². The molecule has 0 saturated heterocycles. The van der Waals surface area contributed by atoms with Gasteiger partial charge in [0, 0.05) is 16.4 Å². The molecular formula is C28H21Cl2F3N4O3S. The number of furan rings is 1. The van der Waals surface area contributed by atoms with Crippen LogP contribution in [0.4, 0.5) is 24.5 Å². The van der Waals surface area contributed by atoms with E-state index in [1.54, 1.807) is 44.2 Å². The van der Waals surface area contributed by atoms with Crippen molar-refractivity contribution in [1.82, 2.24) is 5.32 Å². The van der Waals surface area contributed by atoms with Crippen LogP contribution in [0.25, 0.3) is 0 Å². The number of allylic oxidation sites excluding steroid dienone is 2. The third-order valence-corrected chi connectivity index (χ3v) is 7.91. The highest BCUT2D eigenvalue weighted by atomic mass is 35.5. The van der Waals surface area contributed by atoms with Crippen LogP contribution in [0.5, 0.6) is 0 Å². The maximum atomic E-state index is 13.5. The number of dihydropyridines is 1. The topological polar surface area (TPSA) is 107 Å². The lowest BCUT2D eigenvalue weighted by atomic mass is 9.85. The standard InChI is InChI=1S/C28H21Cl2F3N4O3S/c1-14-18(29)5-3-6-20(14)36-23(38)13-41-27-17(12-34)25(22-7-4-10-40-22)24(15(2)35-27)26(39)37-21-11-16(28(31,32)33)8-9-19(21)30/h3-11,25,35H,13H2,1-2H3,(H,36,38)(H,37,39). The number of anilines is 2. The minimum atomic E-state index is -4.65. The zero-order valence-corrected chi connectivity index (χ0v) is 23.8. The van der Waals surface area contributed by atoms with Crippen LogP contribution in [0.1, 0.15) is 29.7 Å². The zero-order valence-electron chi connectivity index (χ0n) is 21.5. The van der Waals surface area contributed by atoms with E-state index < -0.39 is 23.6 Å². The summed E-state index contributed by atoms with van der Waals surface area (Å²) in [6.45, 7) is 3.34. The first-order valence-corrected chi connectivity index (χ1v) is 13.7. The molecule has 2 aromatic carbocycles. The molecule has 1 aliphatic heterocycles. The number of alkyl halides is 3. The van der Waals surface area contributed by atoms with Gasteiger partial charge in [-0.1, -0.05) is 41.0 Å². The van der Waals surface area contributed by atoms with Gasteiger partial charge in [-0.2, -0.15) is 18.4 Å². The highest BCUT2D eigenvalue weighted by Crippen LogP contribution is 2.42. The molecule has 0 bridgehead atoms. The van der Waals surface area contributed by atoms with Crippen LogP contribution in [0.3, 0.4) is 0 Å². The van der Waals surface area contributed by atoms with Crippen molar-refractivity contribution in [2.45, 2.75) is 25.9 Å². The Morgan fingerprint density at radius 1 is 1.07 bits per heavy atom. The second kappa shape index (κ2) is 12.3. The maximum absolute atomic E-state index is 13.5. The number of nitrogens with zero attached hydrogens (tertiary/aromatic N) is 1. The smallest absolute Gasteiger partial charge is 0.416 e. The molecule has 1 atom stereocenters. The first-order valence-electron chi connectivity index (χ1n) is 11.9. The molecular weight excluding hydrogens is 600 g/mol. The van der Waals surface area contributed by atoms with E-state index in [0.717, 1.165) is 30.0 Å². The van der Waals surface area contributed by atoms with E-state index in [-0.39, 0.29) is 39.3 Å². The number of nitrogens with one attached hydrogen (secondary N) is 3. The van der Waals surface area contributed by atoms with E-state index >= 15 is 0 Å². The Hall–Kier alpha value is -3.85. The summed E-state index contributed by atoms with van der Waals surface area (Å²) in [4.78, 5) is 26.2. The predicted octanol–water partition coefficient (Wildman–Crippen LogP) is 7.62. The average molecular weight is 621 g/mol. The molecule has 1 aliphatic rings. The fourth-order valence-corrected chi connectivity index (χ4v) is 5.35. The number of nitriles is 1. The Balaban J connectivity index is 1.61. The fourth-order valence-electron chi connectivity index (χ4n) is 4.12. The zero-order chi connectivity index (χ0) is 29.9. The number of halogens is 5. The van der Waals surface area contributed by atoms with E-state index in [1.165, 1.54) is 6.26 Å². The van der Waals surface area contributed by atoms with Crippen molar-refractivity contribution in [1.29, 1.82) is 5.26 Å². The lowest BCUT2D eigenvalue weighted by Crippen LogP contribution is -2.31. The third kappa shape index (κ3) is 6.73. The molecule has 3 N–H and O–H groups in total. The van der Waals surface area contributed by atoms with Crippen molar-refractivity contribution in [2.75, 3.05) is 16.4 Å². The SMILES string of the molecule is CC1=C(C(=O)Nc2cc(C(F)(F)F)ccc2Cl)C(c2ccco2)C(C#N)=C(SCC(=O)Nc2cccc(Cl)c2C)N1. The first kappa shape index (κ1) is 30.1. The normalized spacial score (nSPS) is 15.3. The monoisotopic (exact) mass is 620 g/mol. The molecule has 2 amide bonds. The van der Waals surface area contributed by atoms with Crippen LogP contribution in [-0.2, 0) is 15.8 Å². The molecule has 3 aromatic rings. The van der Waals surface area contributed by atoms with Gasteiger partial charge in [-0.25, -0.2) is 0 Å². The van der Waals surface area contributed by atoms with Gasteiger partial charge in [-0.15, -0.1) is 0 Å². The fraction of sp³-hybridized carbons (Fsp3) is 0.179. The molecule has 13 heteroatoms. The predicted molar refractivity (Wildman–Crippen MR) is 152 cm³/mol. The van der Waals surface area contributed by atoms with Gasteiger partial charge >= 0.3 is 6.18 Å². The summed E-state index contributed by atoms with van der Waals surface area (Å²) >= 11 is 13.3. The lowest BCUT2D eigenvalue weighted by molar-refractivity contribution is -0.137. The highest BCUT2D eigenvalue weighted by molar-refractivity contribution is 8.03. The summed E-state index contributed by atoms with van der Waals surface area (Å²) in [7, 11) is 0. The van der Waals surface area contributed by atoms with Crippen LogP contribution >= 0.6 is 35.0 Å². The number of thioether (sulfide) groups is 1. The van der Waals surface area contributed by atoms with E-state index in [9.17, 15) is 28.0 Å². The number of carbonyl (C=O) groups is 2. The number of hydrogen-bond acceptors (Lipinski definition) is 6.